The van der Waals surface area contributed by atoms with E-state index in [4.69, 9.17) is 37.0 Å². The van der Waals surface area contributed by atoms with Crippen LogP contribution in [0, 0.1) is 0 Å². The van der Waals surface area contributed by atoms with Gasteiger partial charge in [0.25, 0.3) is 0 Å². The number of aliphatic hydroxyl groups is 1. The number of allylic oxidation sites excluding steroid dienone is 34. The van der Waals surface area contributed by atoms with Gasteiger partial charge in [0.15, 0.2) is 12.2 Å². The summed E-state index contributed by atoms with van der Waals surface area (Å²) in [5.41, 5.74) is 0. The van der Waals surface area contributed by atoms with Crippen LogP contribution in [0.4, 0.5) is 0 Å². The molecule has 0 aliphatic rings. The number of hydrogen-bond donors (Lipinski definition) is 3. The number of carbonyl (C=O) groups excluding carboxylic acids is 4. The molecule has 2 unspecified atom stereocenters. The lowest BCUT2D eigenvalue weighted by Gasteiger charge is -2.21. The minimum absolute atomic E-state index is 0.0270. The highest BCUT2D eigenvalue weighted by Gasteiger charge is 2.30. The van der Waals surface area contributed by atoms with Crippen molar-refractivity contribution in [3.63, 3.8) is 0 Å². The summed E-state index contributed by atoms with van der Waals surface area (Å²) in [5, 5.41) is 10.7. The summed E-state index contributed by atoms with van der Waals surface area (Å²) >= 11 is 0. The molecule has 0 fully saturated rings. The molecule has 0 saturated heterocycles. The van der Waals surface area contributed by atoms with Crippen LogP contribution in [0.1, 0.15) is 285 Å². The zero-order valence-electron chi connectivity index (χ0n) is 67.8. The van der Waals surface area contributed by atoms with E-state index in [1.54, 1.807) is 0 Å². The maximum absolute atomic E-state index is 13.1. The fourth-order valence-corrected chi connectivity index (χ4v) is 11.6. The Balaban J connectivity index is 5.56. The van der Waals surface area contributed by atoms with Gasteiger partial charge in [-0.3, -0.25) is 37.3 Å². The molecule has 0 aliphatic carbocycles. The van der Waals surface area contributed by atoms with Crippen LogP contribution in [0.5, 0.6) is 0 Å². The molecule has 0 radical (unpaired) electrons. The number of phosphoric ester groups is 2. The highest BCUT2D eigenvalue weighted by atomic mass is 31.2. The molecular weight excluding hydrogens is 1430 g/mol. The van der Waals surface area contributed by atoms with Gasteiger partial charge in [-0.25, -0.2) is 9.13 Å². The van der Waals surface area contributed by atoms with Crippen molar-refractivity contribution in [2.24, 2.45) is 0 Å². The largest absolute Gasteiger partial charge is 0.472 e. The van der Waals surface area contributed by atoms with Gasteiger partial charge < -0.3 is 33.8 Å². The fraction of sp³-hybridized carbons (Fsp3) is 0.582. The Morgan fingerprint density at radius 1 is 0.264 bits per heavy atom. The Bertz CT molecular complexity index is 2900. The van der Waals surface area contributed by atoms with Crippen molar-refractivity contribution in [3.8, 4) is 0 Å². The average Bonchev–Trinajstić information content (AvgIpc) is 0.910. The monoisotopic (exact) mass is 1570 g/mol. The first-order chi connectivity index (χ1) is 53.7. The van der Waals surface area contributed by atoms with Crippen LogP contribution >= 0.6 is 15.6 Å². The van der Waals surface area contributed by atoms with Crippen molar-refractivity contribution in [2.75, 3.05) is 39.6 Å². The molecule has 0 aromatic carbocycles. The second-order valence-corrected chi connectivity index (χ2v) is 29.5. The molecule has 3 N–H and O–H groups in total. The third kappa shape index (κ3) is 79.7. The number of aliphatic hydroxyl groups excluding tert-OH is 1. The van der Waals surface area contributed by atoms with E-state index in [0.29, 0.717) is 38.5 Å². The zero-order valence-corrected chi connectivity index (χ0v) is 69.6. The summed E-state index contributed by atoms with van der Waals surface area (Å²) in [6, 6.07) is 0. The third-order valence-electron chi connectivity index (χ3n) is 16.2. The summed E-state index contributed by atoms with van der Waals surface area (Å²) < 4.78 is 68.5. The van der Waals surface area contributed by atoms with Gasteiger partial charge in [-0.1, -0.05) is 292 Å². The number of carbonyl (C=O) groups is 4. The molecule has 19 heteroatoms. The van der Waals surface area contributed by atoms with E-state index in [1.165, 1.54) is 44.9 Å². The molecule has 0 aliphatic heterocycles. The van der Waals surface area contributed by atoms with Gasteiger partial charge >= 0.3 is 39.5 Å². The first-order valence-corrected chi connectivity index (χ1v) is 44.3. The van der Waals surface area contributed by atoms with Gasteiger partial charge in [0.05, 0.1) is 26.4 Å². The Hall–Kier alpha value is -6.36. The van der Waals surface area contributed by atoms with Gasteiger partial charge in [0.2, 0.25) is 0 Å². The first-order valence-electron chi connectivity index (χ1n) is 41.3. The SMILES string of the molecule is CC/C=C\C/C=C\C/C=C\C/C=C\C/C=C\C/C=C\CCC(=O)O[C@H](COC(=O)CCCCC/C=C\C/C=C\C/C=C\C/C=C\C/C=C\CC)COP(=O)(O)OC[C@@H](O)COP(=O)(O)OC[C@@H](COC(=O)CC/C=C\C/C=C\C/C=C\C/C=C\C/C=C\CCCCC)OC(=O)CCCCCCC/C=C\CCCCCC. The van der Waals surface area contributed by atoms with E-state index in [0.717, 1.165) is 148 Å². The molecule has 5 atom stereocenters. The van der Waals surface area contributed by atoms with Crippen LogP contribution in [0.25, 0.3) is 0 Å². The number of rotatable bonds is 75. The van der Waals surface area contributed by atoms with Gasteiger partial charge in [-0.05, 0) is 173 Å². The predicted octanol–water partition coefficient (Wildman–Crippen LogP) is 24.7. The van der Waals surface area contributed by atoms with Crippen molar-refractivity contribution in [3.05, 3.63) is 207 Å². The van der Waals surface area contributed by atoms with Crippen molar-refractivity contribution >= 4 is 39.5 Å². The molecule has 620 valence electrons. The van der Waals surface area contributed by atoms with Crippen LogP contribution in [0.2, 0.25) is 0 Å². The lowest BCUT2D eigenvalue weighted by atomic mass is 10.1. The van der Waals surface area contributed by atoms with Gasteiger partial charge in [0, 0.05) is 25.7 Å². The molecule has 0 amide bonds. The van der Waals surface area contributed by atoms with Crippen LogP contribution in [0.3, 0.4) is 0 Å². The standard InChI is InChI=1S/C91H144O17P2/c1-5-9-13-17-21-25-29-33-36-39-42-45-48-52-55-59-63-67-71-75-88(93)101-81-86(107-90(95)77-73-69-65-61-57-51-32-28-24-20-16-12-8-4)83-105-109(97,98)103-79-85(92)80-104-110(99,100)106-84-87(108-91(96)78-74-70-66-62-58-54-50-47-44-41-38-35-31-27-23-19-15-11-7-3)82-102-89(94)76-72-68-64-60-56-53-49-46-43-40-37-34-30-26-22-18-14-10-6-2/h10-11,14-15,21-23,25-28,32-38,42-47,52-56,58,63,66-67,70,85-87,92H,5-9,12-13,16-20,24,29-31,39-41,48-51,57,59-62,64-65,68-69,71-84H2,1-4H3,(H,97,98)(H,99,100)/b14-10-,15-11-,25-21-,26-22-,27-23-,32-28-,36-33-,37-34-,38-35-,45-42-,46-43-,47-44-,55-52-,56-53-,58-54-,67-63-,70-66-/t85-,86+,87+/m0/s1. The molecule has 0 saturated carbocycles. The van der Waals surface area contributed by atoms with Crippen molar-refractivity contribution in [2.45, 2.75) is 303 Å². The second-order valence-electron chi connectivity index (χ2n) is 26.6. The quantitative estimate of drug-likeness (QED) is 0.0169. The molecule has 0 aromatic rings. The molecule has 0 heterocycles. The van der Waals surface area contributed by atoms with E-state index in [1.807, 2.05) is 36.5 Å². The minimum atomic E-state index is -5.03. The van der Waals surface area contributed by atoms with E-state index in [9.17, 15) is 43.2 Å². The fourth-order valence-electron chi connectivity index (χ4n) is 10.0. The van der Waals surface area contributed by atoms with Gasteiger partial charge in [-0.2, -0.15) is 0 Å². The second kappa shape index (κ2) is 80.7. The van der Waals surface area contributed by atoms with Crippen LogP contribution in [-0.2, 0) is 65.4 Å². The van der Waals surface area contributed by atoms with Crippen LogP contribution in [0.15, 0.2) is 207 Å². The smallest absolute Gasteiger partial charge is 0.462 e. The zero-order chi connectivity index (χ0) is 80.3. The Morgan fingerprint density at radius 3 is 0.836 bits per heavy atom. The van der Waals surface area contributed by atoms with Crippen molar-refractivity contribution in [1.82, 2.24) is 0 Å². The summed E-state index contributed by atoms with van der Waals surface area (Å²) in [6.07, 6.45) is 101. The van der Waals surface area contributed by atoms with E-state index >= 15 is 0 Å². The third-order valence-corrected chi connectivity index (χ3v) is 18.1. The van der Waals surface area contributed by atoms with E-state index < -0.39 is 97.5 Å². The highest BCUT2D eigenvalue weighted by Crippen LogP contribution is 2.45. The molecule has 0 rings (SSSR count). The van der Waals surface area contributed by atoms with Gasteiger partial charge in [0.1, 0.15) is 19.3 Å². The Labute approximate surface area is 665 Å². The number of unbranched alkanes of at least 4 members (excludes halogenated alkanes) is 15. The van der Waals surface area contributed by atoms with Gasteiger partial charge in [-0.15, -0.1) is 0 Å². The molecule has 0 bridgehead atoms. The molecule has 0 aromatic heterocycles. The molecule has 17 nitrogen and oxygen atoms in total. The van der Waals surface area contributed by atoms with Crippen LogP contribution < -0.4 is 0 Å². The summed E-state index contributed by atoms with van der Waals surface area (Å²) in [5.74, 6) is -2.44. The molecule has 110 heavy (non-hydrogen) atoms. The Kier molecular flexibility index (Phi) is 76.0. The normalized spacial score (nSPS) is 14.9. The number of ether oxygens (including phenoxy) is 4. The average molecular weight is 1570 g/mol. The maximum Gasteiger partial charge on any atom is 0.472 e. The lowest BCUT2D eigenvalue weighted by Crippen LogP contribution is -2.30. The molecular formula is C91H144O17P2. The topological polar surface area (TPSA) is 237 Å². The maximum atomic E-state index is 13.1. The summed E-state index contributed by atoms with van der Waals surface area (Å²) in [4.78, 5) is 73.1. The van der Waals surface area contributed by atoms with Crippen LogP contribution in [-0.4, -0.2) is 96.7 Å². The summed E-state index contributed by atoms with van der Waals surface area (Å²) in [6.45, 7) is 4.36. The predicted molar refractivity (Wildman–Crippen MR) is 454 cm³/mol. The number of hydrogen-bond acceptors (Lipinski definition) is 15. The molecule has 0 spiro atoms. The van der Waals surface area contributed by atoms with Crippen molar-refractivity contribution in [1.29, 1.82) is 0 Å². The van der Waals surface area contributed by atoms with Crippen molar-refractivity contribution < 1.29 is 80.2 Å². The van der Waals surface area contributed by atoms with E-state index in [2.05, 4.69) is 198 Å². The summed E-state index contributed by atoms with van der Waals surface area (Å²) in [7, 11) is -10.0. The van der Waals surface area contributed by atoms with E-state index in [-0.39, 0.29) is 25.7 Å². The lowest BCUT2D eigenvalue weighted by molar-refractivity contribution is -0.161. The first kappa shape index (κ1) is 104. The number of phosphoric acid groups is 2. The highest BCUT2D eigenvalue weighted by molar-refractivity contribution is 7.47. The Morgan fingerprint density at radius 2 is 0.491 bits per heavy atom. The minimum Gasteiger partial charge on any atom is -0.462 e. The number of esters is 4.